The van der Waals surface area contributed by atoms with Gasteiger partial charge in [0.05, 0.1) is 17.7 Å². The number of benzene rings is 1. The number of hydrogen-bond donors (Lipinski definition) is 1. The molecule has 0 aliphatic heterocycles. The van der Waals surface area contributed by atoms with Gasteiger partial charge < -0.3 is 19.5 Å². The first-order valence-electron chi connectivity index (χ1n) is 7.04. The zero-order chi connectivity index (χ0) is 16.0. The molecule has 1 aromatic rings. The summed E-state index contributed by atoms with van der Waals surface area (Å²) in [6, 6.07) is 4.05. The van der Waals surface area contributed by atoms with Crippen LogP contribution in [0.15, 0.2) is 16.6 Å². The van der Waals surface area contributed by atoms with Crippen LogP contribution >= 0.6 is 15.9 Å². The normalized spacial score (nSPS) is 13.1. The highest BCUT2D eigenvalue weighted by Gasteiger charge is 2.15. The number of nitrogens with one attached hydrogen (secondary N) is 1. The lowest BCUT2D eigenvalue weighted by Gasteiger charge is -2.21. The first kappa shape index (κ1) is 18.3. The largest absolute Gasteiger partial charge is 0.493 e. The molecule has 5 heteroatoms. The third-order valence-corrected chi connectivity index (χ3v) is 3.57. The van der Waals surface area contributed by atoms with Gasteiger partial charge in [0.2, 0.25) is 0 Å². The second-order valence-corrected chi connectivity index (χ2v) is 6.92. The van der Waals surface area contributed by atoms with Crippen molar-refractivity contribution < 1.29 is 14.2 Å². The van der Waals surface area contributed by atoms with Crippen molar-refractivity contribution in [1.29, 1.82) is 0 Å². The molecule has 120 valence electrons. The molecule has 1 atom stereocenters. The Hall–Kier alpha value is -0.780. The minimum absolute atomic E-state index is 0.0313. The number of methoxy groups -OCH3 is 2. The summed E-state index contributed by atoms with van der Waals surface area (Å²) < 4.78 is 17.3. The molecule has 0 aliphatic rings. The summed E-state index contributed by atoms with van der Waals surface area (Å²) in [5, 5.41) is 3.46. The van der Waals surface area contributed by atoms with Crippen LogP contribution in [0.25, 0.3) is 0 Å². The standard InChI is InChI=1S/C16H26BrNO3/c1-11(19-5)10-21-15-13(17)7-12(8-14(15)20-6)9-18-16(2,3)4/h7-8,11,18H,9-10H2,1-6H3. The summed E-state index contributed by atoms with van der Waals surface area (Å²) in [5.74, 6) is 1.43. The van der Waals surface area contributed by atoms with Crippen molar-refractivity contribution >= 4 is 15.9 Å². The number of halogens is 1. The predicted octanol–water partition coefficient (Wildman–Crippen LogP) is 3.76. The van der Waals surface area contributed by atoms with Gasteiger partial charge in [-0.3, -0.25) is 0 Å². The fourth-order valence-electron chi connectivity index (χ4n) is 1.65. The molecule has 1 rings (SSSR count). The van der Waals surface area contributed by atoms with Gasteiger partial charge in [-0.05, 0) is 61.3 Å². The van der Waals surface area contributed by atoms with Crippen LogP contribution in [0.3, 0.4) is 0 Å². The molecule has 0 heterocycles. The minimum atomic E-state index is 0.0313. The molecular formula is C16H26BrNO3. The van der Waals surface area contributed by atoms with Crippen LogP contribution in [0.5, 0.6) is 11.5 Å². The van der Waals surface area contributed by atoms with E-state index in [0.717, 1.165) is 22.3 Å². The van der Waals surface area contributed by atoms with Gasteiger partial charge in [-0.2, -0.15) is 0 Å². The number of ether oxygens (including phenoxy) is 3. The van der Waals surface area contributed by atoms with E-state index in [-0.39, 0.29) is 11.6 Å². The molecule has 0 aliphatic carbocycles. The maximum absolute atomic E-state index is 5.79. The molecule has 1 aromatic carbocycles. The van der Waals surface area contributed by atoms with E-state index in [1.807, 2.05) is 19.1 Å². The van der Waals surface area contributed by atoms with Crippen molar-refractivity contribution in [2.45, 2.75) is 45.9 Å². The van der Waals surface area contributed by atoms with Gasteiger partial charge in [0, 0.05) is 19.2 Å². The van der Waals surface area contributed by atoms with Crippen LogP contribution in [0.4, 0.5) is 0 Å². The smallest absolute Gasteiger partial charge is 0.175 e. The Morgan fingerprint density at radius 1 is 1.24 bits per heavy atom. The average Bonchev–Trinajstić information content (AvgIpc) is 2.42. The average molecular weight is 360 g/mol. The predicted molar refractivity (Wildman–Crippen MR) is 89.3 cm³/mol. The minimum Gasteiger partial charge on any atom is -0.493 e. The maximum Gasteiger partial charge on any atom is 0.175 e. The Bertz CT molecular complexity index is 458. The van der Waals surface area contributed by atoms with Crippen LogP contribution in [0, 0.1) is 0 Å². The fraction of sp³-hybridized carbons (Fsp3) is 0.625. The van der Waals surface area contributed by atoms with Crippen LogP contribution in [0.2, 0.25) is 0 Å². The highest BCUT2D eigenvalue weighted by atomic mass is 79.9. The van der Waals surface area contributed by atoms with E-state index >= 15 is 0 Å². The Labute approximate surface area is 136 Å². The van der Waals surface area contributed by atoms with Gasteiger partial charge in [-0.1, -0.05) is 0 Å². The SMILES string of the molecule is COc1cc(CNC(C)(C)C)cc(Br)c1OCC(C)OC. The van der Waals surface area contributed by atoms with Crippen molar-refractivity contribution in [1.82, 2.24) is 5.32 Å². The summed E-state index contributed by atoms with van der Waals surface area (Å²) in [7, 11) is 3.32. The zero-order valence-corrected chi connectivity index (χ0v) is 15.3. The number of rotatable bonds is 7. The van der Waals surface area contributed by atoms with E-state index in [2.05, 4.69) is 42.0 Å². The maximum atomic E-state index is 5.79. The van der Waals surface area contributed by atoms with E-state index in [1.165, 1.54) is 0 Å². The molecule has 0 saturated heterocycles. The summed E-state index contributed by atoms with van der Waals surface area (Å²) in [6.45, 7) is 9.63. The van der Waals surface area contributed by atoms with Crippen LogP contribution in [-0.2, 0) is 11.3 Å². The molecular weight excluding hydrogens is 334 g/mol. The third kappa shape index (κ3) is 6.24. The van der Waals surface area contributed by atoms with Gasteiger partial charge >= 0.3 is 0 Å². The fourth-order valence-corrected chi connectivity index (χ4v) is 2.26. The van der Waals surface area contributed by atoms with E-state index < -0.39 is 0 Å². The molecule has 0 bridgehead atoms. The lowest BCUT2D eigenvalue weighted by atomic mass is 10.1. The van der Waals surface area contributed by atoms with E-state index in [0.29, 0.717) is 12.4 Å². The number of hydrogen-bond acceptors (Lipinski definition) is 4. The van der Waals surface area contributed by atoms with Crippen LogP contribution in [-0.4, -0.2) is 32.5 Å². The Kier molecular flexibility index (Phi) is 6.97. The van der Waals surface area contributed by atoms with Gasteiger partial charge in [-0.25, -0.2) is 0 Å². The second-order valence-electron chi connectivity index (χ2n) is 6.07. The summed E-state index contributed by atoms with van der Waals surface area (Å²) >= 11 is 3.56. The van der Waals surface area contributed by atoms with Crippen LogP contribution < -0.4 is 14.8 Å². The van der Waals surface area contributed by atoms with Gasteiger partial charge in [0.25, 0.3) is 0 Å². The monoisotopic (exact) mass is 359 g/mol. The Morgan fingerprint density at radius 2 is 1.90 bits per heavy atom. The van der Waals surface area contributed by atoms with E-state index in [4.69, 9.17) is 14.2 Å². The Balaban J connectivity index is 2.86. The van der Waals surface area contributed by atoms with E-state index in [1.54, 1.807) is 14.2 Å². The molecule has 0 radical (unpaired) electrons. The lowest BCUT2D eigenvalue weighted by Crippen LogP contribution is -2.35. The molecule has 21 heavy (non-hydrogen) atoms. The molecule has 0 amide bonds. The van der Waals surface area contributed by atoms with Crippen LogP contribution in [0.1, 0.15) is 33.3 Å². The zero-order valence-electron chi connectivity index (χ0n) is 13.7. The highest BCUT2D eigenvalue weighted by molar-refractivity contribution is 9.10. The van der Waals surface area contributed by atoms with Crippen molar-refractivity contribution in [3.05, 3.63) is 22.2 Å². The van der Waals surface area contributed by atoms with Crippen molar-refractivity contribution in [3.63, 3.8) is 0 Å². The van der Waals surface area contributed by atoms with Crippen molar-refractivity contribution in [2.24, 2.45) is 0 Å². The topological polar surface area (TPSA) is 39.7 Å². The van der Waals surface area contributed by atoms with Gasteiger partial charge in [-0.15, -0.1) is 0 Å². The van der Waals surface area contributed by atoms with Crippen molar-refractivity contribution in [2.75, 3.05) is 20.8 Å². The highest BCUT2D eigenvalue weighted by Crippen LogP contribution is 2.36. The Morgan fingerprint density at radius 3 is 2.43 bits per heavy atom. The van der Waals surface area contributed by atoms with Gasteiger partial charge in [0.15, 0.2) is 11.5 Å². The molecule has 1 unspecified atom stereocenters. The van der Waals surface area contributed by atoms with Gasteiger partial charge in [0.1, 0.15) is 6.61 Å². The molecule has 0 aromatic heterocycles. The second kappa shape index (κ2) is 8.01. The molecule has 1 N–H and O–H groups in total. The first-order valence-corrected chi connectivity index (χ1v) is 7.83. The molecule has 4 nitrogen and oxygen atoms in total. The lowest BCUT2D eigenvalue weighted by molar-refractivity contribution is 0.0703. The van der Waals surface area contributed by atoms with Crippen molar-refractivity contribution in [3.8, 4) is 11.5 Å². The summed E-state index contributed by atoms with van der Waals surface area (Å²) in [4.78, 5) is 0. The quantitative estimate of drug-likeness (QED) is 0.804. The van der Waals surface area contributed by atoms with E-state index in [9.17, 15) is 0 Å². The molecule has 0 spiro atoms. The molecule has 0 saturated carbocycles. The summed E-state index contributed by atoms with van der Waals surface area (Å²) in [6.07, 6.45) is 0.0313. The summed E-state index contributed by atoms with van der Waals surface area (Å²) in [5.41, 5.74) is 1.21. The first-order chi connectivity index (χ1) is 9.76. The molecule has 0 fully saturated rings. The third-order valence-electron chi connectivity index (χ3n) is 2.98.